The zero-order chi connectivity index (χ0) is 16.9. The third kappa shape index (κ3) is 4.18. The molecule has 1 heterocycles. The van der Waals surface area contributed by atoms with E-state index < -0.39 is 0 Å². The maximum atomic E-state index is 4.85. The second-order valence-electron chi connectivity index (χ2n) is 6.70. The Morgan fingerprint density at radius 2 is 1.52 bits per heavy atom. The molecule has 0 bridgehead atoms. The van der Waals surface area contributed by atoms with E-state index >= 15 is 0 Å². The summed E-state index contributed by atoms with van der Waals surface area (Å²) >= 11 is 3.63. The Morgan fingerprint density at radius 3 is 2.28 bits per heavy atom. The minimum Gasteiger partial charge on any atom is -0.307 e. The molecule has 3 aromatic rings. The summed E-state index contributed by atoms with van der Waals surface area (Å²) < 4.78 is 4.95. The van der Waals surface area contributed by atoms with E-state index in [0.717, 1.165) is 9.86 Å². The number of benzene rings is 2. The van der Waals surface area contributed by atoms with Crippen molar-refractivity contribution in [1.82, 2.24) is 4.98 Å². The van der Waals surface area contributed by atoms with Gasteiger partial charge in [-0.1, -0.05) is 62.4 Å². The molecule has 1 aliphatic rings. The Labute approximate surface area is 158 Å². The normalized spacial score (nSPS) is 16.5. The first-order valence-corrected chi connectivity index (χ1v) is 10.9. The average Bonchev–Trinajstić information content (AvgIpc) is 3.03. The number of thiazole rings is 1. The van der Waals surface area contributed by atoms with Gasteiger partial charge in [-0.2, -0.15) is 0 Å². The van der Waals surface area contributed by atoms with E-state index in [1.165, 1.54) is 55.3 Å². The molecule has 0 amide bonds. The maximum Gasteiger partial charge on any atom is 0.171 e. The second-order valence-corrected chi connectivity index (χ2v) is 8.95. The predicted molar refractivity (Wildman–Crippen MR) is 111 cm³/mol. The Balaban J connectivity index is 1.62. The van der Waals surface area contributed by atoms with Gasteiger partial charge in [0.1, 0.15) is 0 Å². The smallest absolute Gasteiger partial charge is 0.171 e. The van der Waals surface area contributed by atoms with Gasteiger partial charge in [0.25, 0.3) is 0 Å². The topological polar surface area (TPSA) is 16.1 Å². The lowest BCUT2D eigenvalue weighted by Gasteiger charge is -2.33. The highest BCUT2D eigenvalue weighted by atomic mass is 32.2. The van der Waals surface area contributed by atoms with Crippen LogP contribution in [0.5, 0.6) is 0 Å². The number of hydrogen-bond donors (Lipinski definition) is 0. The molecule has 0 aliphatic heterocycles. The van der Waals surface area contributed by atoms with Crippen molar-refractivity contribution in [2.24, 2.45) is 0 Å². The monoisotopic (exact) mass is 368 g/mol. The number of aromatic nitrogens is 1. The van der Waals surface area contributed by atoms with Gasteiger partial charge in [-0.15, -0.1) is 11.3 Å². The molecule has 1 saturated carbocycles. The molecular formula is C21H24N2S2. The largest absolute Gasteiger partial charge is 0.307 e. The summed E-state index contributed by atoms with van der Waals surface area (Å²) in [6, 6.07) is 19.9. The zero-order valence-electron chi connectivity index (χ0n) is 14.4. The lowest BCUT2D eigenvalue weighted by Crippen LogP contribution is -2.30. The van der Waals surface area contributed by atoms with E-state index in [1.807, 2.05) is 11.9 Å². The van der Waals surface area contributed by atoms with Crippen LogP contribution in [0.1, 0.15) is 44.9 Å². The van der Waals surface area contributed by atoms with Gasteiger partial charge in [-0.05, 0) is 37.1 Å². The molecule has 4 heteroatoms. The molecule has 25 heavy (non-hydrogen) atoms. The van der Waals surface area contributed by atoms with Gasteiger partial charge in [0.15, 0.2) is 4.34 Å². The first-order chi connectivity index (χ1) is 12.4. The van der Waals surface area contributed by atoms with Crippen LogP contribution in [0.15, 0.2) is 58.9 Å². The van der Waals surface area contributed by atoms with E-state index in [2.05, 4.69) is 58.9 Å². The highest BCUT2D eigenvalue weighted by Gasteiger charge is 2.22. The fraction of sp³-hybridized carbons (Fsp3) is 0.381. The summed E-state index contributed by atoms with van der Waals surface area (Å²) in [5, 5.41) is 0. The number of fused-ring (bicyclic) bond motifs is 1. The standard InChI is InChI=1S/C21H24N2S2/c1-2-5-11-17(12-6-3-1)23(18-13-7-4-8-14-18)25-21-22-19-15-9-10-16-20(19)24-21/h4,7-10,13-17H,1-3,5-6,11-12H2. The van der Waals surface area contributed by atoms with Crippen molar-refractivity contribution in [1.29, 1.82) is 0 Å². The van der Waals surface area contributed by atoms with Crippen LogP contribution in [0.3, 0.4) is 0 Å². The van der Waals surface area contributed by atoms with E-state index in [4.69, 9.17) is 4.98 Å². The number of para-hydroxylation sites is 2. The van der Waals surface area contributed by atoms with Crippen LogP contribution in [-0.2, 0) is 0 Å². The fourth-order valence-electron chi connectivity index (χ4n) is 3.56. The molecule has 0 N–H and O–H groups in total. The van der Waals surface area contributed by atoms with Crippen LogP contribution in [-0.4, -0.2) is 11.0 Å². The van der Waals surface area contributed by atoms with Crippen molar-refractivity contribution < 1.29 is 0 Å². The first-order valence-electron chi connectivity index (χ1n) is 9.28. The molecule has 1 fully saturated rings. The lowest BCUT2D eigenvalue weighted by atomic mass is 9.96. The lowest BCUT2D eigenvalue weighted by molar-refractivity contribution is 0.458. The van der Waals surface area contributed by atoms with Crippen LogP contribution < -0.4 is 4.31 Å². The van der Waals surface area contributed by atoms with Gasteiger partial charge in [0.2, 0.25) is 0 Å². The first kappa shape index (κ1) is 16.9. The van der Waals surface area contributed by atoms with Crippen molar-refractivity contribution >= 4 is 39.2 Å². The molecule has 0 radical (unpaired) electrons. The van der Waals surface area contributed by atoms with Gasteiger partial charge >= 0.3 is 0 Å². The molecule has 130 valence electrons. The molecule has 0 saturated heterocycles. The van der Waals surface area contributed by atoms with E-state index in [9.17, 15) is 0 Å². The van der Waals surface area contributed by atoms with Crippen molar-refractivity contribution in [2.75, 3.05) is 4.31 Å². The summed E-state index contributed by atoms with van der Waals surface area (Å²) in [6.07, 6.45) is 9.42. The van der Waals surface area contributed by atoms with Crippen molar-refractivity contribution in [2.45, 2.75) is 55.3 Å². The third-order valence-electron chi connectivity index (χ3n) is 4.87. The van der Waals surface area contributed by atoms with Gasteiger partial charge in [-0.3, -0.25) is 0 Å². The molecular weight excluding hydrogens is 344 g/mol. The molecule has 4 rings (SSSR count). The second kappa shape index (κ2) is 8.24. The third-order valence-corrected chi connectivity index (χ3v) is 7.13. The number of rotatable bonds is 4. The summed E-state index contributed by atoms with van der Waals surface area (Å²) in [7, 11) is 0. The van der Waals surface area contributed by atoms with Crippen LogP contribution in [0.2, 0.25) is 0 Å². The van der Waals surface area contributed by atoms with E-state index in [-0.39, 0.29) is 0 Å². The Hall–Kier alpha value is -1.52. The Kier molecular flexibility index (Phi) is 5.58. The molecule has 0 spiro atoms. The Bertz CT molecular complexity index is 759. The number of anilines is 1. The number of hydrogen-bond acceptors (Lipinski definition) is 4. The zero-order valence-corrected chi connectivity index (χ0v) is 16.1. The molecule has 1 aromatic heterocycles. The molecule has 2 nitrogen and oxygen atoms in total. The van der Waals surface area contributed by atoms with Crippen LogP contribution in [0.4, 0.5) is 5.69 Å². The number of nitrogens with zero attached hydrogens (tertiary/aromatic N) is 2. The quantitative estimate of drug-likeness (QED) is 0.465. The highest BCUT2D eigenvalue weighted by molar-refractivity contribution is 8.02. The summed E-state index contributed by atoms with van der Waals surface area (Å²) in [5.41, 5.74) is 2.41. The predicted octanol–water partition coefficient (Wildman–Crippen LogP) is 6.92. The van der Waals surface area contributed by atoms with Crippen molar-refractivity contribution in [3.63, 3.8) is 0 Å². The van der Waals surface area contributed by atoms with Gasteiger partial charge in [-0.25, -0.2) is 4.98 Å². The van der Waals surface area contributed by atoms with Crippen molar-refractivity contribution in [3.8, 4) is 0 Å². The fourth-order valence-corrected chi connectivity index (χ4v) is 5.81. The summed E-state index contributed by atoms with van der Waals surface area (Å²) in [4.78, 5) is 4.85. The minimum atomic E-state index is 0.597. The SMILES string of the molecule is c1ccc(N(Sc2nc3ccccc3s2)C2CCCCCCC2)cc1. The van der Waals surface area contributed by atoms with Crippen LogP contribution >= 0.6 is 23.3 Å². The molecule has 1 aliphatic carbocycles. The summed E-state index contributed by atoms with van der Waals surface area (Å²) in [5.74, 6) is 0. The molecule has 0 unspecified atom stereocenters. The molecule has 2 aromatic carbocycles. The van der Waals surface area contributed by atoms with Crippen LogP contribution in [0.25, 0.3) is 10.2 Å². The Morgan fingerprint density at radius 1 is 0.840 bits per heavy atom. The van der Waals surface area contributed by atoms with Gasteiger partial charge < -0.3 is 4.31 Å². The van der Waals surface area contributed by atoms with E-state index in [0.29, 0.717) is 6.04 Å². The van der Waals surface area contributed by atoms with E-state index in [1.54, 1.807) is 11.3 Å². The highest BCUT2D eigenvalue weighted by Crippen LogP contribution is 2.38. The minimum absolute atomic E-state index is 0.597. The van der Waals surface area contributed by atoms with Crippen molar-refractivity contribution in [3.05, 3.63) is 54.6 Å². The maximum absolute atomic E-state index is 4.85. The molecule has 0 atom stereocenters. The summed E-state index contributed by atoms with van der Waals surface area (Å²) in [6.45, 7) is 0. The average molecular weight is 369 g/mol. The van der Waals surface area contributed by atoms with Crippen LogP contribution in [0, 0.1) is 0 Å². The van der Waals surface area contributed by atoms with Gasteiger partial charge in [0.05, 0.1) is 10.2 Å². The van der Waals surface area contributed by atoms with Gasteiger partial charge in [0, 0.05) is 23.7 Å².